The van der Waals surface area contributed by atoms with Crippen LogP contribution in [0.4, 0.5) is 5.00 Å². The highest BCUT2D eigenvalue weighted by molar-refractivity contribution is 7.17. The van der Waals surface area contributed by atoms with Gasteiger partial charge in [-0.3, -0.25) is 9.59 Å². The Bertz CT molecular complexity index is 946. The minimum atomic E-state index is -0.230. The maximum atomic E-state index is 12.9. The zero-order valence-electron chi connectivity index (χ0n) is 16.3. The lowest BCUT2D eigenvalue weighted by Gasteiger charge is -2.16. The molecule has 2 aliphatic rings. The second-order valence-corrected chi connectivity index (χ2v) is 8.16. The van der Waals surface area contributed by atoms with Gasteiger partial charge in [-0.2, -0.15) is 4.98 Å². The minimum Gasteiger partial charge on any atom is -0.384 e. The molecular weight excluding hydrogens is 394 g/mol. The van der Waals surface area contributed by atoms with Gasteiger partial charge in [0.1, 0.15) is 11.3 Å². The predicted molar refractivity (Wildman–Crippen MR) is 107 cm³/mol. The topological polar surface area (TPSA) is 104 Å². The Balaban J connectivity index is 1.67. The van der Waals surface area contributed by atoms with E-state index in [0.29, 0.717) is 66.9 Å². The molecule has 0 unspecified atom stereocenters. The largest absolute Gasteiger partial charge is 0.384 e. The summed E-state index contributed by atoms with van der Waals surface area (Å²) in [5.74, 6) is 0.718. The van der Waals surface area contributed by atoms with Crippen LogP contribution in [-0.2, 0) is 38.5 Å². The number of allylic oxidation sites excluding steroid dienone is 1. The molecular formula is C20H23N3O5S. The van der Waals surface area contributed by atoms with Crippen molar-refractivity contribution in [2.75, 3.05) is 25.6 Å². The normalized spacial score (nSPS) is 16.6. The number of hydrogen-bond acceptors (Lipinski definition) is 8. The van der Waals surface area contributed by atoms with Crippen LogP contribution in [0.25, 0.3) is 11.5 Å². The molecule has 0 spiro atoms. The highest BCUT2D eigenvalue weighted by Crippen LogP contribution is 2.43. The number of amides is 1. The molecule has 154 valence electrons. The first-order valence-corrected chi connectivity index (χ1v) is 10.6. The molecule has 2 aromatic heterocycles. The first kappa shape index (κ1) is 19.9. The molecule has 2 aromatic rings. The van der Waals surface area contributed by atoms with Crippen LogP contribution in [-0.4, -0.2) is 42.7 Å². The van der Waals surface area contributed by atoms with Crippen molar-refractivity contribution >= 4 is 28.5 Å². The highest BCUT2D eigenvalue weighted by atomic mass is 32.1. The lowest BCUT2D eigenvalue weighted by atomic mass is 9.92. The number of aromatic nitrogens is 2. The molecule has 1 N–H and O–H groups in total. The quantitative estimate of drug-likeness (QED) is 0.691. The number of methoxy groups -OCH3 is 1. The van der Waals surface area contributed by atoms with E-state index in [9.17, 15) is 9.59 Å². The number of nitrogens with one attached hydrogen (secondary N) is 1. The van der Waals surface area contributed by atoms with E-state index in [-0.39, 0.29) is 5.91 Å². The van der Waals surface area contributed by atoms with Crippen molar-refractivity contribution < 1.29 is 23.6 Å². The average Bonchev–Trinajstić information content (AvgIpc) is 3.35. The monoisotopic (exact) mass is 417 g/mol. The maximum Gasteiger partial charge on any atom is 0.261 e. The van der Waals surface area contributed by atoms with E-state index >= 15 is 0 Å². The van der Waals surface area contributed by atoms with Crippen molar-refractivity contribution in [3.05, 3.63) is 27.4 Å². The number of fused-ring (bicyclic) bond motifs is 1. The summed E-state index contributed by atoms with van der Waals surface area (Å²) in [5, 5.41) is 7.70. The van der Waals surface area contributed by atoms with E-state index in [1.165, 1.54) is 11.3 Å². The number of nitrogens with zero attached hydrogens (tertiary/aromatic N) is 2. The molecule has 0 aromatic carbocycles. The fourth-order valence-corrected chi connectivity index (χ4v) is 4.87. The number of hydrogen-bond donors (Lipinski definition) is 1. The smallest absolute Gasteiger partial charge is 0.261 e. The Morgan fingerprint density at radius 3 is 3.00 bits per heavy atom. The Morgan fingerprint density at radius 1 is 1.31 bits per heavy atom. The van der Waals surface area contributed by atoms with Crippen LogP contribution in [0.1, 0.15) is 41.9 Å². The summed E-state index contributed by atoms with van der Waals surface area (Å²) in [6, 6.07) is 0. The van der Waals surface area contributed by atoms with E-state index in [1.807, 2.05) is 0 Å². The first-order chi connectivity index (χ1) is 14.2. The molecule has 1 aliphatic heterocycles. The SMILES string of the molecule is COCCc1noc(-c2c(NC(=O)C3=C(C=O)CCCC3)sc3c2CCOC3)n1. The zero-order valence-corrected chi connectivity index (χ0v) is 17.1. The molecule has 1 amide bonds. The van der Waals surface area contributed by atoms with Crippen LogP contribution in [0, 0.1) is 0 Å². The standard InChI is InChI=1S/C20H23N3O5S/c1-26-8-7-16-21-19(28-23-16)17-14-6-9-27-11-15(14)29-20(17)22-18(25)13-5-3-2-4-12(13)10-24/h10H,2-9,11H2,1H3,(H,22,25). The Morgan fingerprint density at radius 2 is 2.17 bits per heavy atom. The van der Waals surface area contributed by atoms with E-state index in [2.05, 4.69) is 15.5 Å². The van der Waals surface area contributed by atoms with Crippen molar-refractivity contribution in [3.8, 4) is 11.5 Å². The fraction of sp³-hybridized carbons (Fsp3) is 0.500. The van der Waals surface area contributed by atoms with Crippen molar-refractivity contribution in [1.29, 1.82) is 0 Å². The van der Waals surface area contributed by atoms with Crippen LogP contribution in [0.2, 0.25) is 0 Å². The average molecular weight is 417 g/mol. The molecule has 0 saturated heterocycles. The number of aldehydes is 1. The van der Waals surface area contributed by atoms with Gasteiger partial charge in [0.15, 0.2) is 5.82 Å². The van der Waals surface area contributed by atoms with Crippen molar-refractivity contribution in [2.24, 2.45) is 0 Å². The van der Waals surface area contributed by atoms with Gasteiger partial charge in [-0.05, 0) is 37.7 Å². The summed E-state index contributed by atoms with van der Waals surface area (Å²) >= 11 is 1.46. The van der Waals surface area contributed by atoms with E-state index in [4.69, 9.17) is 14.0 Å². The summed E-state index contributed by atoms with van der Waals surface area (Å²) in [7, 11) is 1.62. The molecule has 0 fully saturated rings. The van der Waals surface area contributed by atoms with Crippen LogP contribution < -0.4 is 5.32 Å². The molecule has 3 heterocycles. The Kier molecular flexibility index (Phi) is 6.17. The Labute approximate surface area is 172 Å². The summed E-state index contributed by atoms with van der Waals surface area (Å²) in [6.07, 6.45) is 5.19. The van der Waals surface area contributed by atoms with Crippen molar-refractivity contribution in [1.82, 2.24) is 10.1 Å². The summed E-state index contributed by atoms with van der Waals surface area (Å²) in [4.78, 5) is 29.9. The number of carbonyl (C=O) groups excluding carboxylic acids is 2. The zero-order chi connectivity index (χ0) is 20.2. The summed E-state index contributed by atoms with van der Waals surface area (Å²) in [6.45, 7) is 1.60. The van der Waals surface area contributed by atoms with E-state index in [1.54, 1.807) is 7.11 Å². The molecule has 0 saturated carbocycles. The maximum absolute atomic E-state index is 12.9. The second kappa shape index (κ2) is 8.98. The number of carbonyl (C=O) groups is 2. The van der Waals surface area contributed by atoms with Gasteiger partial charge in [-0.15, -0.1) is 11.3 Å². The first-order valence-electron chi connectivity index (χ1n) is 9.74. The molecule has 0 bridgehead atoms. The van der Waals surface area contributed by atoms with Crippen LogP contribution in [0.15, 0.2) is 15.7 Å². The molecule has 29 heavy (non-hydrogen) atoms. The number of rotatable bonds is 7. The molecule has 8 nitrogen and oxygen atoms in total. The second-order valence-electron chi connectivity index (χ2n) is 7.05. The van der Waals surface area contributed by atoms with Gasteiger partial charge in [0, 0.05) is 29.6 Å². The number of thiophene rings is 1. The molecule has 0 radical (unpaired) electrons. The molecule has 1 aliphatic carbocycles. The van der Waals surface area contributed by atoms with Gasteiger partial charge in [0.25, 0.3) is 11.8 Å². The summed E-state index contributed by atoms with van der Waals surface area (Å²) in [5.41, 5.74) is 3.01. The molecule has 4 rings (SSSR count). The van der Waals surface area contributed by atoms with E-state index in [0.717, 1.165) is 41.6 Å². The van der Waals surface area contributed by atoms with Gasteiger partial charge >= 0.3 is 0 Å². The van der Waals surface area contributed by atoms with Crippen LogP contribution in [0.3, 0.4) is 0 Å². The third kappa shape index (κ3) is 4.17. The lowest BCUT2D eigenvalue weighted by Crippen LogP contribution is -2.18. The van der Waals surface area contributed by atoms with Gasteiger partial charge in [-0.25, -0.2) is 0 Å². The minimum absolute atomic E-state index is 0.230. The molecule has 9 heteroatoms. The Hall–Kier alpha value is -2.36. The number of ether oxygens (including phenoxy) is 2. The van der Waals surface area contributed by atoms with Gasteiger partial charge < -0.3 is 19.3 Å². The van der Waals surface area contributed by atoms with Gasteiger partial charge in [0.2, 0.25) is 0 Å². The number of anilines is 1. The third-order valence-corrected chi connectivity index (χ3v) is 6.31. The van der Waals surface area contributed by atoms with Crippen molar-refractivity contribution in [3.63, 3.8) is 0 Å². The highest BCUT2D eigenvalue weighted by Gasteiger charge is 2.28. The van der Waals surface area contributed by atoms with Crippen molar-refractivity contribution in [2.45, 2.75) is 45.1 Å². The van der Waals surface area contributed by atoms with Gasteiger partial charge in [-0.1, -0.05) is 5.16 Å². The van der Waals surface area contributed by atoms with Gasteiger partial charge in [0.05, 0.1) is 25.4 Å². The lowest BCUT2D eigenvalue weighted by molar-refractivity contribution is -0.113. The van der Waals surface area contributed by atoms with E-state index < -0.39 is 0 Å². The fourth-order valence-electron chi connectivity index (χ4n) is 3.69. The van der Waals surface area contributed by atoms with Crippen LogP contribution >= 0.6 is 11.3 Å². The summed E-state index contributed by atoms with van der Waals surface area (Å²) < 4.78 is 16.2. The third-order valence-electron chi connectivity index (χ3n) is 5.19. The molecule has 0 atom stereocenters. The predicted octanol–water partition coefficient (Wildman–Crippen LogP) is 3.07. The van der Waals surface area contributed by atoms with Crippen LogP contribution in [0.5, 0.6) is 0 Å².